The van der Waals surface area contributed by atoms with E-state index in [2.05, 4.69) is 20.4 Å². The number of fused-ring (bicyclic) bond motifs is 1. The standard InChI is InChI=1S/C18H22ClN5OS/c1-23(2)9-10-24-15-8-7-14(11-16(15)26-17(24)20)22-18(25)21-13-5-3-12(19)4-6-13/h3-8,11,17H,9-10,20H2,1-2H3,(H2,21,22,25). The number of thioether (sulfide) groups is 1. The molecule has 0 radical (unpaired) electrons. The van der Waals surface area contributed by atoms with Gasteiger partial charge in [0.2, 0.25) is 0 Å². The van der Waals surface area contributed by atoms with Crippen LogP contribution in [0.25, 0.3) is 0 Å². The van der Waals surface area contributed by atoms with Crippen molar-refractivity contribution < 1.29 is 4.79 Å². The number of benzene rings is 2. The highest BCUT2D eigenvalue weighted by molar-refractivity contribution is 8.00. The molecular weight excluding hydrogens is 370 g/mol. The number of hydrogen-bond donors (Lipinski definition) is 3. The summed E-state index contributed by atoms with van der Waals surface area (Å²) in [6, 6.07) is 12.5. The molecule has 0 spiro atoms. The summed E-state index contributed by atoms with van der Waals surface area (Å²) in [7, 11) is 4.09. The van der Waals surface area contributed by atoms with Crippen molar-refractivity contribution in [3.05, 3.63) is 47.5 Å². The summed E-state index contributed by atoms with van der Waals surface area (Å²) in [5.74, 6) is 0. The number of urea groups is 1. The number of amides is 2. The maximum absolute atomic E-state index is 12.2. The molecule has 2 aromatic rings. The number of likely N-dealkylation sites (N-methyl/N-ethyl adjacent to an activating group) is 1. The van der Waals surface area contributed by atoms with Crippen LogP contribution in [-0.4, -0.2) is 43.6 Å². The Hall–Kier alpha value is -1.93. The van der Waals surface area contributed by atoms with Gasteiger partial charge in [0.05, 0.1) is 5.69 Å². The van der Waals surface area contributed by atoms with E-state index in [9.17, 15) is 4.79 Å². The smallest absolute Gasteiger partial charge is 0.323 e. The minimum absolute atomic E-state index is 0.108. The monoisotopic (exact) mass is 391 g/mol. The highest BCUT2D eigenvalue weighted by Crippen LogP contribution is 2.42. The number of anilines is 3. The number of rotatable bonds is 5. The fraction of sp³-hybridized carbons (Fsp3) is 0.278. The Morgan fingerprint density at radius 1 is 1.19 bits per heavy atom. The average Bonchev–Trinajstić information content (AvgIpc) is 2.89. The zero-order chi connectivity index (χ0) is 18.7. The van der Waals surface area contributed by atoms with Crippen molar-refractivity contribution >= 4 is 46.5 Å². The van der Waals surface area contributed by atoms with E-state index in [1.165, 1.54) is 0 Å². The van der Waals surface area contributed by atoms with E-state index < -0.39 is 0 Å². The van der Waals surface area contributed by atoms with E-state index in [-0.39, 0.29) is 11.5 Å². The van der Waals surface area contributed by atoms with Crippen molar-refractivity contribution in [3.63, 3.8) is 0 Å². The molecule has 0 saturated heterocycles. The van der Waals surface area contributed by atoms with Crippen molar-refractivity contribution in [2.45, 2.75) is 10.4 Å². The Kier molecular flexibility index (Phi) is 5.93. The van der Waals surface area contributed by atoms with Crippen LogP contribution in [0.3, 0.4) is 0 Å². The molecule has 0 saturated carbocycles. The fourth-order valence-electron chi connectivity index (χ4n) is 2.64. The van der Waals surface area contributed by atoms with Gasteiger partial charge in [0.25, 0.3) is 0 Å². The highest BCUT2D eigenvalue weighted by atomic mass is 35.5. The van der Waals surface area contributed by atoms with Crippen LogP contribution in [0.1, 0.15) is 0 Å². The summed E-state index contributed by atoms with van der Waals surface area (Å²) in [6.45, 7) is 1.79. The normalized spacial score (nSPS) is 15.9. The van der Waals surface area contributed by atoms with Crippen LogP contribution >= 0.6 is 23.4 Å². The quantitative estimate of drug-likeness (QED) is 0.724. The molecule has 26 heavy (non-hydrogen) atoms. The van der Waals surface area contributed by atoms with Gasteiger partial charge in [-0.1, -0.05) is 23.4 Å². The topological polar surface area (TPSA) is 73.6 Å². The Morgan fingerprint density at radius 2 is 1.85 bits per heavy atom. The minimum atomic E-state index is -0.302. The molecule has 1 aliphatic rings. The molecule has 138 valence electrons. The second kappa shape index (κ2) is 8.18. The molecule has 2 amide bonds. The molecular formula is C18H22ClN5OS. The fourth-order valence-corrected chi connectivity index (χ4v) is 3.87. The van der Waals surface area contributed by atoms with Gasteiger partial charge in [-0.15, -0.1) is 0 Å². The lowest BCUT2D eigenvalue weighted by Crippen LogP contribution is -2.40. The van der Waals surface area contributed by atoms with E-state index >= 15 is 0 Å². The van der Waals surface area contributed by atoms with Crippen LogP contribution < -0.4 is 21.3 Å². The van der Waals surface area contributed by atoms with Gasteiger partial charge < -0.3 is 26.2 Å². The number of nitrogens with two attached hydrogens (primary N) is 1. The maximum Gasteiger partial charge on any atom is 0.323 e. The van der Waals surface area contributed by atoms with Crippen LogP contribution in [-0.2, 0) is 0 Å². The number of hydrogen-bond acceptors (Lipinski definition) is 5. The number of carbonyl (C=O) groups excluding carboxylic acids is 1. The SMILES string of the molecule is CN(C)CCN1c2ccc(NC(=O)Nc3ccc(Cl)cc3)cc2SC1N. The molecule has 0 fully saturated rings. The molecule has 2 aromatic carbocycles. The van der Waals surface area contributed by atoms with Gasteiger partial charge in [0.15, 0.2) is 0 Å². The van der Waals surface area contributed by atoms with E-state index in [0.717, 1.165) is 29.4 Å². The van der Waals surface area contributed by atoms with Gasteiger partial charge in [0, 0.05) is 34.4 Å². The van der Waals surface area contributed by atoms with E-state index in [1.807, 2.05) is 32.3 Å². The molecule has 1 aliphatic heterocycles. The van der Waals surface area contributed by atoms with Crippen molar-refractivity contribution in [2.24, 2.45) is 5.73 Å². The Bertz CT molecular complexity index is 784. The molecule has 0 bridgehead atoms. The first-order chi connectivity index (χ1) is 12.4. The molecule has 4 N–H and O–H groups in total. The third kappa shape index (κ3) is 4.62. The van der Waals surface area contributed by atoms with Gasteiger partial charge in [-0.25, -0.2) is 4.79 Å². The van der Waals surface area contributed by atoms with Crippen LogP contribution in [0.4, 0.5) is 21.9 Å². The summed E-state index contributed by atoms with van der Waals surface area (Å²) < 4.78 is 0. The molecule has 8 heteroatoms. The van der Waals surface area contributed by atoms with Crippen molar-refractivity contribution in [1.82, 2.24) is 4.90 Å². The van der Waals surface area contributed by atoms with E-state index in [4.69, 9.17) is 17.3 Å². The van der Waals surface area contributed by atoms with Crippen molar-refractivity contribution in [3.8, 4) is 0 Å². The average molecular weight is 392 g/mol. The summed E-state index contributed by atoms with van der Waals surface area (Å²) in [6.07, 6.45) is 0. The summed E-state index contributed by atoms with van der Waals surface area (Å²) in [5, 5.41) is 6.26. The van der Waals surface area contributed by atoms with Crippen molar-refractivity contribution in [1.29, 1.82) is 0 Å². The summed E-state index contributed by atoms with van der Waals surface area (Å²) >= 11 is 7.44. The number of carbonyl (C=O) groups is 1. The summed E-state index contributed by atoms with van der Waals surface area (Å²) in [4.78, 5) is 17.5. The molecule has 6 nitrogen and oxygen atoms in total. The third-order valence-corrected chi connectivity index (χ3v) is 5.30. The summed E-state index contributed by atoms with van der Waals surface area (Å²) in [5.41, 5.74) is 8.64. The second-order valence-electron chi connectivity index (χ2n) is 6.27. The molecule has 1 heterocycles. The predicted octanol–water partition coefficient (Wildman–Crippen LogP) is 3.70. The first-order valence-corrected chi connectivity index (χ1v) is 9.49. The third-order valence-electron chi connectivity index (χ3n) is 3.97. The lowest BCUT2D eigenvalue weighted by atomic mass is 10.2. The van der Waals surface area contributed by atoms with Gasteiger partial charge in [-0.2, -0.15) is 0 Å². The van der Waals surface area contributed by atoms with Gasteiger partial charge in [0.1, 0.15) is 5.50 Å². The van der Waals surface area contributed by atoms with Gasteiger partial charge in [-0.3, -0.25) is 0 Å². The number of nitrogens with one attached hydrogen (secondary N) is 2. The van der Waals surface area contributed by atoms with Gasteiger partial charge >= 0.3 is 6.03 Å². The molecule has 3 rings (SSSR count). The minimum Gasteiger partial charge on any atom is -0.345 e. The zero-order valence-electron chi connectivity index (χ0n) is 14.7. The second-order valence-corrected chi connectivity index (χ2v) is 7.87. The molecule has 1 atom stereocenters. The lowest BCUT2D eigenvalue weighted by Gasteiger charge is -2.25. The molecule has 0 aliphatic carbocycles. The Labute approximate surface area is 162 Å². The van der Waals surface area contributed by atoms with Crippen LogP contribution in [0.5, 0.6) is 0 Å². The van der Waals surface area contributed by atoms with Crippen molar-refractivity contribution in [2.75, 3.05) is 42.7 Å². The number of halogens is 1. The maximum atomic E-state index is 12.2. The highest BCUT2D eigenvalue weighted by Gasteiger charge is 2.27. The predicted molar refractivity (Wildman–Crippen MR) is 110 cm³/mol. The zero-order valence-corrected chi connectivity index (χ0v) is 16.3. The van der Waals surface area contributed by atoms with Gasteiger partial charge in [-0.05, 0) is 56.6 Å². The van der Waals surface area contributed by atoms with E-state index in [0.29, 0.717) is 10.7 Å². The van der Waals surface area contributed by atoms with E-state index in [1.54, 1.807) is 36.0 Å². The Balaban J connectivity index is 1.65. The largest absolute Gasteiger partial charge is 0.345 e. The van der Waals surface area contributed by atoms with Crippen LogP contribution in [0.15, 0.2) is 47.4 Å². The number of nitrogens with zero attached hydrogens (tertiary/aromatic N) is 2. The Morgan fingerprint density at radius 3 is 2.54 bits per heavy atom. The van der Waals surface area contributed by atoms with Crippen LogP contribution in [0.2, 0.25) is 5.02 Å². The lowest BCUT2D eigenvalue weighted by molar-refractivity contribution is 0.262. The first-order valence-electron chi connectivity index (χ1n) is 8.23. The molecule has 1 unspecified atom stereocenters. The van der Waals surface area contributed by atoms with Crippen LogP contribution in [0, 0.1) is 0 Å². The first kappa shape index (κ1) is 18.8. The molecule has 0 aromatic heterocycles.